The lowest BCUT2D eigenvalue weighted by Gasteiger charge is -2.09. The van der Waals surface area contributed by atoms with Gasteiger partial charge >= 0.3 is 5.97 Å². The Morgan fingerprint density at radius 2 is 1.89 bits per heavy atom. The van der Waals surface area contributed by atoms with E-state index in [0.29, 0.717) is 27.7 Å². The smallest absolute Gasteiger partial charge is 0.337 e. The summed E-state index contributed by atoms with van der Waals surface area (Å²) in [5, 5.41) is 11.9. The van der Waals surface area contributed by atoms with Crippen LogP contribution in [0.1, 0.15) is 32.1 Å². The minimum atomic E-state index is -0.478. The number of hydrogen-bond donors (Lipinski definition) is 1. The fourth-order valence-electron chi connectivity index (χ4n) is 2.49. The second-order valence-corrected chi connectivity index (χ2v) is 6.32. The van der Waals surface area contributed by atoms with Crippen LogP contribution in [-0.4, -0.2) is 34.0 Å². The second-order valence-electron chi connectivity index (χ2n) is 5.88. The normalized spacial score (nSPS) is 10.5. The Labute approximate surface area is 160 Å². The summed E-state index contributed by atoms with van der Waals surface area (Å²) in [5.74, 6) is -0.903. The van der Waals surface area contributed by atoms with Gasteiger partial charge in [-0.3, -0.25) is 4.79 Å². The maximum absolute atomic E-state index is 12.7. The Morgan fingerprint density at radius 1 is 1.11 bits per heavy atom. The van der Waals surface area contributed by atoms with Gasteiger partial charge in [-0.2, -0.15) is 9.90 Å². The molecule has 27 heavy (non-hydrogen) atoms. The molecule has 0 atom stereocenters. The van der Waals surface area contributed by atoms with Crippen molar-refractivity contribution in [2.75, 3.05) is 12.4 Å². The summed E-state index contributed by atoms with van der Waals surface area (Å²) in [6.45, 7) is 3.52. The molecular weight excluding hydrogens is 368 g/mol. The molecule has 0 fully saturated rings. The number of methoxy groups -OCH3 is 1. The first-order chi connectivity index (χ1) is 12.9. The zero-order chi connectivity index (χ0) is 19.6. The first-order valence-electron chi connectivity index (χ1n) is 8.09. The van der Waals surface area contributed by atoms with Crippen LogP contribution in [0, 0.1) is 13.8 Å². The quantitative estimate of drug-likeness (QED) is 0.695. The van der Waals surface area contributed by atoms with Gasteiger partial charge in [0.05, 0.1) is 24.1 Å². The second kappa shape index (κ2) is 7.59. The third kappa shape index (κ3) is 3.98. The number of esters is 1. The number of rotatable bonds is 4. The fraction of sp³-hybridized carbons (Fsp3) is 0.158. The van der Waals surface area contributed by atoms with Crippen molar-refractivity contribution in [1.29, 1.82) is 0 Å². The van der Waals surface area contributed by atoms with Crippen LogP contribution in [-0.2, 0) is 4.74 Å². The lowest BCUT2D eigenvalue weighted by atomic mass is 10.1. The predicted octanol–water partition coefficient (Wildman–Crippen LogP) is 3.58. The lowest BCUT2D eigenvalue weighted by molar-refractivity contribution is 0.0600. The number of ether oxygens (including phenoxy) is 1. The number of nitrogens with one attached hydrogen (secondary N) is 1. The highest BCUT2D eigenvalue weighted by Crippen LogP contribution is 2.19. The van der Waals surface area contributed by atoms with Crippen molar-refractivity contribution in [2.45, 2.75) is 13.8 Å². The number of benzene rings is 2. The molecule has 0 spiro atoms. The number of aryl methyl sites for hydroxylation is 2. The maximum Gasteiger partial charge on any atom is 0.337 e. The predicted molar refractivity (Wildman–Crippen MR) is 102 cm³/mol. The van der Waals surface area contributed by atoms with Crippen LogP contribution in [0.3, 0.4) is 0 Å². The summed E-state index contributed by atoms with van der Waals surface area (Å²) in [4.78, 5) is 25.7. The average molecular weight is 385 g/mol. The van der Waals surface area contributed by atoms with E-state index in [1.165, 1.54) is 11.9 Å². The van der Waals surface area contributed by atoms with Crippen LogP contribution in [0.5, 0.6) is 0 Å². The monoisotopic (exact) mass is 384 g/mol. The van der Waals surface area contributed by atoms with Crippen molar-refractivity contribution in [1.82, 2.24) is 15.0 Å². The highest BCUT2D eigenvalue weighted by molar-refractivity contribution is 6.30. The molecule has 1 N–H and O–H groups in total. The van der Waals surface area contributed by atoms with Crippen molar-refractivity contribution in [3.8, 4) is 5.69 Å². The number of hydrogen-bond acceptors (Lipinski definition) is 5. The minimum absolute atomic E-state index is 0.179. The van der Waals surface area contributed by atoms with Gasteiger partial charge in [0, 0.05) is 10.7 Å². The summed E-state index contributed by atoms with van der Waals surface area (Å²) in [6, 6.07) is 11.9. The highest BCUT2D eigenvalue weighted by atomic mass is 35.5. The summed E-state index contributed by atoms with van der Waals surface area (Å²) >= 11 is 5.99. The van der Waals surface area contributed by atoms with Crippen molar-refractivity contribution in [3.63, 3.8) is 0 Å². The molecule has 0 radical (unpaired) electrons. The molecule has 3 aromatic rings. The zero-order valence-corrected chi connectivity index (χ0v) is 15.7. The first kappa shape index (κ1) is 18.6. The van der Waals surface area contributed by atoms with E-state index in [0.717, 1.165) is 5.56 Å². The van der Waals surface area contributed by atoms with Gasteiger partial charge in [0.1, 0.15) is 0 Å². The van der Waals surface area contributed by atoms with Gasteiger partial charge in [0.25, 0.3) is 5.91 Å². The Morgan fingerprint density at radius 3 is 2.59 bits per heavy atom. The molecule has 3 rings (SSSR count). The molecule has 0 bridgehead atoms. The van der Waals surface area contributed by atoms with E-state index >= 15 is 0 Å². The molecule has 0 saturated heterocycles. The molecule has 138 valence electrons. The largest absolute Gasteiger partial charge is 0.465 e. The van der Waals surface area contributed by atoms with Crippen LogP contribution >= 0.6 is 11.6 Å². The van der Waals surface area contributed by atoms with Gasteiger partial charge in [-0.1, -0.05) is 23.7 Å². The van der Waals surface area contributed by atoms with Gasteiger partial charge < -0.3 is 10.1 Å². The number of anilines is 1. The molecule has 1 amide bonds. The van der Waals surface area contributed by atoms with Crippen molar-refractivity contribution < 1.29 is 14.3 Å². The molecule has 0 unspecified atom stereocenters. The Balaban J connectivity index is 1.88. The third-order valence-corrected chi connectivity index (χ3v) is 4.18. The molecule has 7 nitrogen and oxygen atoms in total. The summed E-state index contributed by atoms with van der Waals surface area (Å²) < 4.78 is 4.71. The maximum atomic E-state index is 12.7. The number of carbonyl (C=O) groups is 2. The van der Waals surface area contributed by atoms with Crippen molar-refractivity contribution in [3.05, 3.63) is 70.0 Å². The molecule has 1 heterocycles. The molecule has 1 aromatic heterocycles. The number of aromatic nitrogens is 3. The molecule has 0 aliphatic heterocycles. The topological polar surface area (TPSA) is 86.1 Å². The zero-order valence-electron chi connectivity index (χ0n) is 15.0. The van der Waals surface area contributed by atoms with Crippen LogP contribution < -0.4 is 5.32 Å². The summed E-state index contributed by atoms with van der Waals surface area (Å²) in [7, 11) is 1.30. The Hall–Kier alpha value is -3.19. The molecule has 0 saturated carbocycles. The molecule has 0 aliphatic rings. The minimum Gasteiger partial charge on any atom is -0.465 e. The third-order valence-electron chi connectivity index (χ3n) is 3.94. The van der Waals surface area contributed by atoms with E-state index in [9.17, 15) is 9.59 Å². The van der Waals surface area contributed by atoms with Gasteiger partial charge in [-0.25, -0.2) is 4.79 Å². The molecule has 0 aliphatic carbocycles. The van der Waals surface area contributed by atoms with E-state index in [4.69, 9.17) is 16.3 Å². The standard InChI is InChI=1S/C19H17ClN4O3/c1-11-7-8-13(19(26)27-3)9-16(11)21-18(25)17-12(2)22-24(23-17)15-6-4-5-14(20)10-15/h4-10H,1-3H3,(H,21,25). The molecule has 2 aromatic carbocycles. The SMILES string of the molecule is COC(=O)c1ccc(C)c(NC(=O)c2nn(-c3cccc(Cl)c3)nc2C)c1. The van der Waals surface area contributed by atoms with Gasteiger partial charge in [-0.15, -0.1) is 5.10 Å². The Kier molecular flexibility index (Phi) is 5.23. The van der Waals surface area contributed by atoms with Gasteiger partial charge in [-0.05, 0) is 49.7 Å². The number of carbonyl (C=O) groups excluding carboxylic acids is 2. The van der Waals surface area contributed by atoms with Crippen molar-refractivity contribution in [2.24, 2.45) is 0 Å². The van der Waals surface area contributed by atoms with E-state index in [1.807, 2.05) is 6.92 Å². The highest BCUT2D eigenvalue weighted by Gasteiger charge is 2.18. The molecular formula is C19H17ClN4O3. The van der Waals surface area contributed by atoms with E-state index in [-0.39, 0.29) is 5.69 Å². The first-order valence-corrected chi connectivity index (χ1v) is 8.47. The average Bonchev–Trinajstić information content (AvgIpc) is 3.04. The number of halogens is 1. The summed E-state index contributed by atoms with van der Waals surface area (Å²) in [6.07, 6.45) is 0. The summed E-state index contributed by atoms with van der Waals surface area (Å²) in [5.41, 5.74) is 2.94. The van der Waals surface area contributed by atoms with E-state index in [2.05, 4.69) is 15.5 Å². The van der Waals surface area contributed by atoms with E-state index < -0.39 is 11.9 Å². The number of amides is 1. The Bertz CT molecular complexity index is 1030. The fourth-order valence-corrected chi connectivity index (χ4v) is 2.67. The lowest BCUT2D eigenvalue weighted by Crippen LogP contribution is -2.15. The van der Waals surface area contributed by atoms with Crippen LogP contribution in [0.15, 0.2) is 42.5 Å². The number of nitrogens with zero attached hydrogens (tertiary/aromatic N) is 3. The van der Waals surface area contributed by atoms with Gasteiger partial charge in [0.15, 0.2) is 5.69 Å². The van der Waals surface area contributed by atoms with Crippen molar-refractivity contribution >= 4 is 29.2 Å². The van der Waals surface area contributed by atoms with Crippen LogP contribution in [0.25, 0.3) is 5.69 Å². The van der Waals surface area contributed by atoms with Crippen LogP contribution in [0.4, 0.5) is 5.69 Å². The van der Waals surface area contributed by atoms with Crippen LogP contribution in [0.2, 0.25) is 5.02 Å². The van der Waals surface area contributed by atoms with Gasteiger partial charge in [0.2, 0.25) is 0 Å². The molecule has 8 heteroatoms. The van der Waals surface area contributed by atoms with E-state index in [1.54, 1.807) is 49.4 Å².